The van der Waals surface area contributed by atoms with Crippen LogP contribution in [-0.2, 0) is 6.54 Å². The lowest BCUT2D eigenvalue weighted by Gasteiger charge is -2.02. The van der Waals surface area contributed by atoms with Crippen LogP contribution < -0.4 is 5.32 Å². The third kappa shape index (κ3) is 4.06. The molecule has 0 saturated carbocycles. The van der Waals surface area contributed by atoms with Crippen molar-refractivity contribution in [1.29, 1.82) is 0 Å². The second-order valence-corrected chi connectivity index (χ2v) is 2.51. The first-order valence-corrected chi connectivity index (χ1v) is 3.89. The zero-order valence-corrected chi connectivity index (χ0v) is 8.11. The van der Waals surface area contributed by atoms with Gasteiger partial charge < -0.3 is 5.32 Å². The highest BCUT2D eigenvalue weighted by Gasteiger charge is 1.97. The van der Waals surface area contributed by atoms with Gasteiger partial charge >= 0.3 is 0 Å². The second-order valence-electron chi connectivity index (χ2n) is 2.51. The number of hydrogen-bond donors (Lipinski definition) is 1. The zero-order valence-electron chi connectivity index (χ0n) is 7.29. The highest BCUT2D eigenvalue weighted by atomic mass is 35.5. The Hall–Kier alpha value is -0.860. The Morgan fingerprint density at radius 2 is 2.08 bits per heavy atom. The molecule has 0 saturated heterocycles. The molecule has 0 atom stereocenters. The van der Waals surface area contributed by atoms with Crippen molar-refractivity contribution in [2.24, 2.45) is 0 Å². The van der Waals surface area contributed by atoms with Crippen LogP contribution in [0.5, 0.6) is 0 Å². The third-order valence-electron chi connectivity index (χ3n) is 1.56. The summed E-state index contributed by atoms with van der Waals surface area (Å²) in [7, 11) is 0. The molecule has 0 radical (unpaired) electrons. The van der Waals surface area contributed by atoms with Crippen LogP contribution in [-0.4, -0.2) is 6.54 Å². The molecular formula is C10H13ClFN. The lowest BCUT2D eigenvalue weighted by atomic mass is 10.2. The molecule has 0 heterocycles. The van der Waals surface area contributed by atoms with Crippen LogP contribution in [0.4, 0.5) is 4.39 Å². The van der Waals surface area contributed by atoms with Gasteiger partial charge in [0.1, 0.15) is 5.82 Å². The van der Waals surface area contributed by atoms with Gasteiger partial charge in [-0.2, -0.15) is 0 Å². The number of nitrogens with one attached hydrogen (secondary N) is 1. The molecular weight excluding hydrogens is 189 g/mol. The van der Waals surface area contributed by atoms with Gasteiger partial charge in [0.05, 0.1) is 0 Å². The first-order chi connectivity index (χ1) is 5.84. The molecule has 0 bridgehead atoms. The van der Waals surface area contributed by atoms with E-state index in [1.165, 1.54) is 6.07 Å². The fourth-order valence-electron chi connectivity index (χ4n) is 0.951. The summed E-state index contributed by atoms with van der Waals surface area (Å²) < 4.78 is 13.0. The molecule has 1 aromatic carbocycles. The zero-order chi connectivity index (χ0) is 8.81. The van der Waals surface area contributed by atoms with Crippen LogP contribution in [0.2, 0.25) is 0 Å². The second kappa shape index (κ2) is 6.63. The number of halogens is 2. The maximum absolute atomic E-state index is 13.0. The molecule has 1 aromatic rings. The smallest absolute Gasteiger partial charge is 0.127 e. The minimum atomic E-state index is -0.158. The predicted molar refractivity (Wildman–Crippen MR) is 55.6 cm³/mol. The van der Waals surface area contributed by atoms with Crippen molar-refractivity contribution in [3.05, 3.63) is 48.3 Å². The summed E-state index contributed by atoms with van der Waals surface area (Å²) in [5.74, 6) is -0.158. The topological polar surface area (TPSA) is 12.0 Å². The Balaban J connectivity index is 0.00000144. The summed E-state index contributed by atoms with van der Waals surface area (Å²) >= 11 is 0. The number of hydrogen-bond acceptors (Lipinski definition) is 1. The van der Waals surface area contributed by atoms with Gasteiger partial charge in [-0.05, 0) is 6.07 Å². The predicted octanol–water partition coefficient (Wildman–Crippen LogP) is 2.52. The van der Waals surface area contributed by atoms with E-state index >= 15 is 0 Å². The van der Waals surface area contributed by atoms with Gasteiger partial charge in [-0.1, -0.05) is 24.3 Å². The van der Waals surface area contributed by atoms with Crippen molar-refractivity contribution >= 4 is 12.4 Å². The Labute approximate surface area is 84.1 Å². The first-order valence-electron chi connectivity index (χ1n) is 3.89. The Bertz CT molecular complexity index is 263. The van der Waals surface area contributed by atoms with Crippen molar-refractivity contribution in [2.45, 2.75) is 6.54 Å². The normalized spacial score (nSPS) is 9.00. The molecule has 0 amide bonds. The highest BCUT2D eigenvalue weighted by molar-refractivity contribution is 5.85. The first kappa shape index (κ1) is 12.1. The Morgan fingerprint density at radius 1 is 1.38 bits per heavy atom. The van der Waals surface area contributed by atoms with E-state index < -0.39 is 0 Å². The van der Waals surface area contributed by atoms with E-state index in [0.29, 0.717) is 18.7 Å². The molecule has 0 unspecified atom stereocenters. The molecule has 13 heavy (non-hydrogen) atoms. The maximum atomic E-state index is 13.0. The van der Waals surface area contributed by atoms with Crippen molar-refractivity contribution in [1.82, 2.24) is 5.32 Å². The molecule has 0 aromatic heterocycles. The van der Waals surface area contributed by atoms with Gasteiger partial charge in [0.25, 0.3) is 0 Å². The van der Waals surface area contributed by atoms with Crippen molar-refractivity contribution in [3.8, 4) is 0 Å². The SMILES string of the molecule is C=CCNCc1ccccc1F.Cl. The maximum Gasteiger partial charge on any atom is 0.127 e. The summed E-state index contributed by atoms with van der Waals surface area (Å²) in [6, 6.07) is 6.75. The minimum absolute atomic E-state index is 0. The Kier molecular flexibility index (Phi) is 6.20. The van der Waals surface area contributed by atoms with Crippen LogP contribution in [0.1, 0.15) is 5.56 Å². The summed E-state index contributed by atoms with van der Waals surface area (Å²) in [5, 5.41) is 3.03. The van der Waals surface area contributed by atoms with Gasteiger partial charge in [-0.15, -0.1) is 19.0 Å². The quantitative estimate of drug-likeness (QED) is 0.583. The average molecular weight is 202 g/mol. The van der Waals surface area contributed by atoms with E-state index in [1.807, 2.05) is 6.07 Å². The van der Waals surface area contributed by atoms with Gasteiger partial charge in [-0.25, -0.2) is 4.39 Å². The molecule has 1 nitrogen and oxygen atoms in total. The van der Waals surface area contributed by atoms with Crippen LogP contribution >= 0.6 is 12.4 Å². The van der Waals surface area contributed by atoms with Crippen molar-refractivity contribution in [3.63, 3.8) is 0 Å². The molecule has 0 fully saturated rings. The van der Waals surface area contributed by atoms with E-state index in [2.05, 4.69) is 11.9 Å². The molecule has 0 aliphatic heterocycles. The van der Waals surface area contributed by atoms with Crippen LogP contribution in [0, 0.1) is 5.82 Å². The highest BCUT2D eigenvalue weighted by Crippen LogP contribution is 2.04. The summed E-state index contributed by atoms with van der Waals surface area (Å²) in [5.41, 5.74) is 0.694. The molecule has 0 aliphatic carbocycles. The largest absolute Gasteiger partial charge is 0.309 e. The molecule has 0 aliphatic rings. The third-order valence-corrected chi connectivity index (χ3v) is 1.56. The molecule has 1 rings (SSSR count). The summed E-state index contributed by atoms with van der Waals surface area (Å²) in [4.78, 5) is 0. The van der Waals surface area contributed by atoms with Gasteiger partial charge in [-0.3, -0.25) is 0 Å². The number of rotatable bonds is 4. The van der Waals surface area contributed by atoms with E-state index in [0.717, 1.165) is 0 Å². The van der Waals surface area contributed by atoms with Crippen molar-refractivity contribution < 1.29 is 4.39 Å². The molecule has 1 N–H and O–H groups in total. The van der Waals surface area contributed by atoms with E-state index in [4.69, 9.17) is 0 Å². The lowest BCUT2D eigenvalue weighted by molar-refractivity contribution is 0.597. The van der Waals surface area contributed by atoms with Crippen LogP contribution in [0.15, 0.2) is 36.9 Å². The minimum Gasteiger partial charge on any atom is -0.309 e. The fourth-order valence-corrected chi connectivity index (χ4v) is 0.951. The average Bonchev–Trinajstić information content (AvgIpc) is 2.09. The van der Waals surface area contributed by atoms with E-state index in [-0.39, 0.29) is 18.2 Å². The van der Waals surface area contributed by atoms with Crippen molar-refractivity contribution in [2.75, 3.05) is 6.54 Å². The summed E-state index contributed by atoms with van der Waals surface area (Å²) in [6.07, 6.45) is 1.75. The van der Waals surface area contributed by atoms with Gasteiger partial charge in [0.2, 0.25) is 0 Å². The summed E-state index contributed by atoms with van der Waals surface area (Å²) in [6.45, 7) is 4.82. The molecule has 0 spiro atoms. The Morgan fingerprint density at radius 3 is 2.69 bits per heavy atom. The van der Waals surface area contributed by atoms with Crippen LogP contribution in [0.3, 0.4) is 0 Å². The lowest BCUT2D eigenvalue weighted by Crippen LogP contribution is -2.13. The molecule has 3 heteroatoms. The van der Waals surface area contributed by atoms with E-state index in [9.17, 15) is 4.39 Å². The number of benzene rings is 1. The van der Waals surface area contributed by atoms with Gasteiger partial charge in [0, 0.05) is 18.7 Å². The standard InChI is InChI=1S/C10H12FN.ClH/c1-2-7-12-8-9-5-3-4-6-10(9)11;/h2-6,12H,1,7-8H2;1H. The van der Waals surface area contributed by atoms with Crippen LogP contribution in [0.25, 0.3) is 0 Å². The van der Waals surface area contributed by atoms with E-state index in [1.54, 1.807) is 18.2 Å². The molecule has 72 valence electrons. The van der Waals surface area contributed by atoms with Gasteiger partial charge in [0.15, 0.2) is 0 Å². The fraction of sp³-hybridized carbons (Fsp3) is 0.200. The monoisotopic (exact) mass is 201 g/mol.